The third-order valence-corrected chi connectivity index (χ3v) is 6.15. The highest BCUT2D eigenvalue weighted by atomic mass is 19.3. The van der Waals surface area contributed by atoms with Gasteiger partial charge in [-0.25, -0.2) is 22.5 Å². The van der Waals surface area contributed by atoms with Gasteiger partial charge in [0.1, 0.15) is 11.5 Å². The minimum Gasteiger partial charge on any atom is -0.267 e. The molecular weight excluding hydrogens is 400 g/mol. The number of hydrogen-bond acceptors (Lipinski definition) is 4. The van der Waals surface area contributed by atoms with E-state index in [1.807, 2.05) is 0 Å². The van der Waals surface area contributed by atoms with Gasteiger partial charge in [-0.05, 0) is 19.1 Å². The number of rotatable bonds is 2. The summed E-state index contributed by atoms with van der Waals surface area (Å²) in [5, 5.41) is 11.6. The van der Waals surface area contributed by atoms with Gasteiger partial charge in [-0.3, -0.25) is 14.8 Å². The lowest BCUT2D eigenvalue weighted by atomic mass is 9.94. The lowest BCUT2D eigenvalue weighted by Crippen LogP contribution is -2.13. The van der Waals surface area contributed by atoms with Crippen molar-refractivity contribution in [2.45, 2.75) is 32.2 Å². The molecule has 1 atom stereocenters. The summed E-state index contributed by atoms with van der Waals surface area (Å²) in [5.74, 6) is -3.87. The van der Waals surface area contributed by atoms with E-state index < -0.39 is 23.0 Å². The van der Waals surface area contributed by atoms with Crippen LogP contribution in [-0.2, 0) is 13.0 Å². The Morgan fingerprint density at radius 3 is 2.63 bits per heavy atom. The van der Waals surface area contributed by atoms with Gasteiger partial charge in [-0.1, -0.05) is 0 Å². The van der Waals surface area contributed by atoms with Crippen LogP contribution < -0.4 is 0 Å². The van der Waals surface area contributed by atoms with E-state index in [0.29, 0.717) is 33.7 Å². The van der Waals surface area contributed by atoms with Gasteiger partial charge in [-0.2, -0.15) is 10.2 Å². The molecule has 5 heterocycles. The highest BCUT2D eigenvalue weighted by Gasteiger charge is 2.73. The SMILES string of the molecule is Cc1nc2[nH]ncc2c(-c2c(-c3ccc(F)cn3)nn3c2C[C@]2(C3)CC2(F)F)c1F. The second kappa shape index (κ2) is 5.44. The highest BCUT2D eigenvalue weighted by molar-refractivity contribution is 5.98. The summed E-state index contributed by atoms with van der Waals surface area (Å²) in [6.07, 6.45) is 2.35. The van der Waals surface area contributed by atoms with Crippen LogP contribution in [0.1, 0.15) is 17.8 Å². The van der Waals surface area contributed by atoms with Crippen LogP contribution in [0.15, 0.2) is 24.5 Å². The van der Waals surface area contributed by atoms with Crippen LogP contribution in [0.3, 0.4) is 0 Å². The van der Waals surface area contributed by atoms with Gasteiger partial charge in [0.05, 0.1) is 35.7 Å². The van der Waals surface area contributed by atoms with Crippen molar-refractivity contribution >= 4 is 11.0 Å². The zero-order valence-electron chi connectivity index (χ0n) is 15.7. The first-order chi connectivity index (χ1) is 14.3. The number of fused-ring (bicyclic) bond motifs is 2. The molecule has 0 saturated heterocycles. The molecule has 6 rings (SSSR count). The van der Waals surface area contributed by atoms with E-state index in [1.54, 1.807) is 0 Å². The lowest BCUT2D eigenvalue weighted by molar-refractivity contribution is 0.0630. The van der Waals surface area contributed by atoms with Gasteiger partial charge >= 0.3 is 0 Å². The van der Waals surface area contributed by atoms with Gasteiger partial charge in [0.15, 0.2) is 11.5 Å². The van der Waals surface area contributed by atoms with Crippen LogP contribution in [0.25, 0.3) is 33.5 Å². The summed E-state index contributed by atoms with van der Waals surface area (Å²) in [5.41, 5.74) is 1.08. The number of halogens is 4. The Hall–Kier alpha value is -3.30. The van der Waals surface area contributed by atoms with Gasteiger partial charge in [-0.15, -0.1) is 0 Å². The molecule has 0 amide bonds. The molecule has 30 heavy (non-hydrogen) atoms. The van der Waals surface area contributed by atoms with E-state index in [1.165, 1.54) is 29.9 Å². The van der Waals surface area contributed by atoms with Crippen molar-refractivity contribution in [3.05, 3.63) is 47.5 Å². The molecular formula is C20H14F4N6. The molecule has 1 spiro atoms. The first-order valence-electron chi connectivity index (χ1n) is 9.39. The molecule has 152 valence electrons. The number of hydrogen-bond donors (Lipinski definition) is 1. The molecule has 1 aliphatic heterocycles. The fourth-order valence-electron chi connectivity index (χ4n) is 4.48. The van der Waals surface area contributed by atoms with E-state index in [9.17, 15) is 13.2 Å². The minimum absolute atomic E-state index is 0.0454. The maximum Gasteiger partial charge on any atom is 0.256 e. The smallest absolute Gasteiger partial charge is 0.256 e. The average Bonchev–Trinajstić information content (AvgIpc) is 3.13. The summed E-state index contributed by atoms with van der Waals surface area (Å²) in [7, 11) is 0. The number of pyridine rings is 2. The molecule has 1 aliphatic carbocycles. The van der Waals surface area contributed by atoms with Crippen molar-refractivity contribution in [1.82, 2.24) is 29.9 Å². The van der Waals surface area contributed by atoms with Crippen molar-refractivity contribution in [3.8, 4) is 22.5 Å². The number of nitrogens with zero attached hydrogens (tertiary/aromatic N) is 5. The Morgan fingerprint density at radius 2 is 1.93 bits per heavy atom. The van der Waals surface area contributed by atoms with Crippen molar-refractivity contribution < 1.29 is 17.6 Å². The van der Waals surface area contributed by atoms with E-state index >= 15 is 4.39 Å². The molecule has 0 bridgehead atoms. The highest BCUT2D eigenvalue weighted by Crippen LogP contribution is 2.66. The predicted molar refractivity (Wildman–Crippen MR) is 98.7 cm³/mol. The Kier molecular flexibility index (Phi) is 3.18. The van der Waals surface area contributed by atoms with E-state index in [2.05, 4.69) is 25.3 Å². The van der Waals surface area contributed by atoms with Crippen molar-refractivity contribution in [2.24, 2.45) is 5.41 Å². The number of alkyl halides is 2. The largest absolute Gasteiger partial charge is 0.267 e. The third-order valence-electron chi connectivity index (χ3n) is 6.15. The predicted octanol–water partition coefficient (Wildman–Crippen LogP) is 4.05. The first-order valence-corrected chi connectivity index (χ1v) is 9.39. The number of H-pyrrole nitrogens is 1. The molecule has 1 saturated carbocycles. The van der Waals surface area contributed by atoms with Crippen molar-refractivity contribution in [3.63, 3.8) is 0 Å². The summed E-state index contributed by atoms with van der Waals surface area (Å²) in [4.78, 5) is 8.26. The van der Waals surface area contributed by atoms with Crippen LogP contribution >= 0.6 is 0 Å². The summed E-state index contributed by atoms with van der Waals surface area (Å²) in [6, 6.07) is 2.67. The summed E-state index contributed by atoms with van der Waals surface area (Å²) >= 11 is 0. The van der Waals surface area contributed by atoms with Crippen LogP contribution in [0, 0.1) is 24.0 Å². The van der Waals surface area contributed by atoms with E-state index in [-0.39, 0.29) is 30.6 Å². The Labute approximate surface area is 167 Å². The standard InChI is InChI=1S/C20H14F4N6/c1-9-16(22)14(11-6-26-28-18(11)27-9)15-13-4-19(7-20(19,23)24)8-30(13)29-17(15)12-3-2-10(21)5-25-12/h2-3,5-6H,4,7-8H2,1H3,(H,26,27,28)/t19-/m1/s1. The average molecular weight is 414 g/mol. The van der Waals surface area contributed by atoms with E-state index in [0.717, 1.165) is 6.20 Å². The normalized spacial score (nSPS) is 21.5. The van der Waals surface area contributed by atoms with Crippen molar-refractivity contribution in [2.75, 3.05) is 0 Å². The zero-order valence-corrected chi connectivity index (χ0v) is 15.7. The molecule has 10 heteroatoms. The zero-order chi connectivity index (χ0) is 20.8. The Balaban J connectivity index is 1.65. The number of aryl methyl sites for hydroxylation is 1. The monoisotopic (exact) mass is 414 g/mol. The minimum atomic E-state index is -2.77. The molecule has 2 aliphatic rings. The van der Waals surface area contributed by atoms with Crippen LogP contribution in [0.5, 0.6) is 0 Å². The molecule has 4 aromatic heterocycles. The number of nitrogens with one attached hydrogen (secondary N) is 1. The molecule has 0 radical (unpaired) electrons. The van der Waals surface area contributed by atoms with Crippen molar-refractivity contribution in [1.29, 1.82) is 0 Å². The molecule has 1 N–H and O–H groups in total. The van der Waals surface area contributed by atoms with Crippen LogP contribution in [-0.4, -0.2) is 35.9 Å². The fraction of sp³-hybridized carbons (Fsp3) is 0.300. The molecule has 0 unspecified atom stereocenters. The molecule has 0 aromatic carbocycles. The van der Waals surface area contributed by atoms with Crippen LogP contribution in [0.2, 0.25) is 0 Å². The third kappa shape index (κ3) is 2.18. The topological polar surface area (TPSA) is 72.3 Å². The van der Waals surface area contributed by atoms with E-state index in [4.69, 9.17) is 0 Å². The summed E-state index contributed by atoms with van der Waals surface area (Å²) in [6.45, 7) is 1.57. The maximum atomic E-state index is 15.4. The quantitative estimate of drug-likeness (QED) is 0.503. The van der Waals surface area contributed by atoms with Gasteiger partial charge < -0.3 is 0 Å². The molecule has 4 aromatic rings. The number of aromatic amines is 1. The molecule has 1 fully saturated rings. The Morgan fingerprint density at radius 1 is 1.13 bits per heavy atom. The maximum absolute atomic E-state index is 15.4. The second-order valence-electron chi connectivity index (χ2n) is 8.05. The van der Waals surface area contributed by atoms with Gasteiger partial charge in [0.2, 0.25) is 0 Å². The first kappa shape index (κ1) is 17.5. The van der Waals surface area contributed by atoms with Gasteiger partial charge in [0, 0.05) is 35.0 Å². The lowest BCUT2D eigenvalue weighted by Gasteiger charge is -2.11. The summed E-state index contributed by atoms with van der Waals surface area (Å²) < 4.78 is 58.5. The molecule has 6 nitrogen and oxygen atoms in total. The Bertz CT molecular complexity index is 1340. The number of aromatic nitrogens is 6. The van der Waals surface area contributed by atoms with Crippen LogP contribution in [0.4, 0.5) is 17.6 Å². The second-order valence-corrected chi connectivity index (χ2v) is 8.05. The van der Waals surface area contributed by atoms with Gasteiger partial charge in [0.25, 0.3) is 5.92 Å². The fourth-order valence-corrected chi connectivity index (χ4v) is 4.48.